The van der Waals surface area contributed by atoms with Gasteiger partial charge in [0.15, 0.2) is 0 Å². The van der Waals surface area contributed by atoms with Crippen molar-refractivity contribution in [3.8, 4) is 0 Å². The van der Waals surface area contributed by atoms with Crippen LogP contribution in [0.2, 0.25) is 0 Å². The van der Waals surface area contributed by atoms with E-state index in [1.54, 1.807) is 0 Å². The van der Waals surface area contributed by atoms with Crippen LogP contribution in [0.3, 0.4) is 0 Å². The van der Waals surface area contributed by atoms with Crippen LogP contribution in [0.25, 0.3) is 0 Å². The van der Waals surface area contributed by atoms with E-state index in [1.165, 1.54) is 0 Å². The third-order valence-corrected chi connectivity index (χ3v) is 0.575. The summed E-state index contributed by atoms with van der Waals surface area (Å²) in [6.07, 6.45) is 1.08. The van der Waals surface area contributed by atoms with E-state index in [4.69, 9.17) is 0 Å². The van der Waals surface area contributed by atoms with Crippen molar-refractivity contribution >= 4 is 57.3 Å². The maximum atomic E-state index is 9.73. The first-order valence-electron chi connectivity index (χ1n) is 1.80. The zero-order chi connectivity index (χ0) is 5.98. The number of hydrogen-bond donors (Lipinski definition) is 1. The maximum Gasteiger partial charge on any atom is 0.453 e. The fourth-order valence-corrected chi connectivity index (χ4v) is 0.287. The Morgan fingerprint density at radius 3 is 2.67 bits per heavy atom. The maximum absolute atomic E-state index is 9.73. The smallest absolute Gasteiger partial charge is 0.390 e. The van der Waals surface area contributed by atoms with Crippen molar-refractivity contribution < 1.29 is 4.92 Å². The van der Waals surface area contributed by atoms with Crippen molar-refractivity contribution in [2.75, 3.05) is 0 Å². The molecule has 1 N–H and O–H groups in total. The number of aromatic nitrogens is 3. The molecule has 0 saturated heterocycles. The molecule has 1 aromatic rings. The minimum Gasteiger partial charge on any atom is -0.390 e. The van der Waals surface area contributed by atoms with E-state index in [0.717, 1.165) is 6.33 Å². The van der Waals surface area contributed by atoms with Crippen molar-refractivity contribution in [3.63, 3.8) is 0 Å². The van der Waals surface area contributed by atoms with Crippen LogP contribution in [-0.4, -0.2) is 71.5 Å². The Hall–Kier alpha value is 0.176. The van der Waals surface area contributed by atoms with Gasteiger partial charge in [0.05, 0.1) is 0 Å². The molecule has 0 saturated carbocycles. The molecule has 6 nitrogen and oxygen atoms in total. The van der Waals surface area contributed by atoms with Crippen LogP contribution in [0, 0.1) is 10.1 Å². The second-order valence-electron chi connectivity index (χ2n) is 1.07. The summed E-state index contributed by atoms with van der Waals surface area (Å²) >= 11 is 0. The Morgan fingerprint density at radius 1 is 1.78 bits per heavy atom. The third-order valence-electron chi connectivity index (χ3n) is 0.575. The first-order valence-corrected chi connectivity index (χ1v) is 1.80. The minimum atomic E-state index is -0.646. The fourth-order valence-electron chi connectivity index (χ4n) is 0.287. The monoisotopic (exact) mass is 153 g/mol. The van der Waals surface area contributed by atoms with Gasteiger partial charge in [-0.2, -0.15) is 0 Å². The van der Waals surface area contributed by atoms with Gasteiger partial charge in [-0.15, -0.1) is 5.10 Å². The number of nitro groups is 1. The van der Waals surface area contributed by atoms with Gasteiger partial charge in [0, 0.05) is 51.4 Å². The average Bonchev–Trinajstić information content (AvgIpc) is 2.12. The molecule has 1 aromatic heterocycles. The second-order valence-corrected chi connectivity index (χ2v) is 1.07. The SMILES string of the molecule is O=[N+]([O-])c1ncn[nH]1.[K]. The molecule has 0 spiro atoms. The second kappa shape index (κ2) is 4.07. The predicted molar refractivity (Wildman–Crippen MR) is 28.8 cm³/mol. The normalized spacial score (nSPS) is 8.00. The summed E-state index contributed by atoms with van der Waals surface area (Å²) in [6.45, 7) is 0. The summed E-state index contributed by atoms with van der Waals surface area (Å²) in [5.41, 5.74) is 0. The zero-order valence-electron chi connectivity index (χ0n) is 4.74. The molecule has 0 atom stereocenters. The van der Waals surface area contributed by atoms with Gasteiger partial charge in [0.25, 0.3) is 0 Å². The molecule has 0 aliphatic heterocycles. The number of H-pyrrole nitrogens is 1. The van der Waals surface area contributed by atoms with E-state index in [2.05, 4.69) is 15.2 Å². The van der Waals surface area contributed by atoms with Gasteiger partial charge in [-0.25, -0.2) is 0 Å². The van der Waals surface area contributed by atoms with Crippen LogP contribution in [-0.2, 0) is 0 Å². The van der Waals surface area contributed by atoms with Gasteiger partial charge in [-0.3, -0.25) is 0 Å². The quantitative estimate of drug-likeness (QED) is 0.329. The number of nitrogens with zero attached hydrogens (tertiary/aromatic N) is 3. The summed E-state index contributed by atoms with van der Waals surface area (Å²) in [5.74, 6) is -0.329. The summed E-state index contributed by atoms with van der Waals surface area (Å²) in [7, 11) is 0. The van der Waals surface area contributed by atoms with E-state index in [-0.39, 0.29) is 57.3 Å². The van der Waals surface area contributed by atoms with Crippen molar-refractivity contribution in [1.29, 1.82) is 0 Å². The predicted octanol–water partition coefficient (Wildman–Crippen LogP) is -0.668. The summed E-state index contributed by atoms with van der Waals surface area (Å²) in [5, 5.41) is 15.1. The van der Waals surface area contributed by atoms with Gasteiger partial charge in [0.1, 0.15) is 0 Å². The van der Waals surface area contributed by atoms with Crippen LogP contribution in [0.15, 0.2) is 6.33 Å². The van der Waals surface area contributed by atoms with Gasteiger partial charge in [0.2, 0.25) is 6.33 Å². The summed E-state index contributed by atoms with van der Waals surface area (Å²) in [6, 6.07) is 0. The molecule has 0 aromatic carbocycles. The fraction of sp³-hybridized carbons (Fsp3) is 0. The Balaban J connectivity index is 0.000000640. The molecular weight excluding hydrogens is 151 g/mol. The topological polar surface area (TPSA) is 84.7 Å². The number of rotatable bonds is 1. The first kappa shape index (κ1) is 9.18. The molecule has 1 rings (SSSR count). The number of hydrogen-bond acceptors (Lipinski definition) is 4. The first-order chi connectivity index (χ1) is 3.80. The van der Waals surface area contributed by atoms with Crippen LogP contribution >= 0.6 is 0 Å². The molecule has 0 aliphatic carbocycles. The van der Waals surface area contributed by atoms with Gasteiger partial charge >= 0.3 is 5.95 Å². The molecule has 0 amide bonds. The molecule has 0 bridgehead atoms. The molecule has 0 aliphatic rings. The molecule has 9 heavy (non-hydrogen) atoms. The van der Waals surface area contributed by atoms with E-state index >= 15 is 0 Å². The Morgan fingerprint density at radius 2 is 2.44 bits per heavy atom. The third kappa shape index (κ3) is 2.50. The van der Waals surface area contributed by atoms with Crippen molar-refractivity contribution in [3.05, 3.63) is 16.4 Å². The summed E-state index contributed by atoms with van der Waals surface area (Å²) in [4.78, 5) is 12.3. The minimum absolute atomic E-state index is 0. The van der Waals surface area contributed by atoms with Gasteiger partial charge < -0.3 is 10.1 Å². The largest absolute Gasteiger partial charge is 0.453 e. The molecular formula is C2H2KN4O2. The molecule has 0 unspecified atom stereocenters. The van der Waals surface area contributed by atoms with Crippen LogP contribution in [0.5, 0.6) is 0 Å². The molecule has 43 valence electrons. The molecule has 1 radical (unpaired) electrons. The number of nitrogens with one attached hydrogen (secondary N) is 1. The van der Waals surface area contributed by atoms with Crippen molar-refractivity contribution in [2.45, 2.75) is 0 Å². The molecule has 1 heterocycles. The summed E-state index contributed by atoms with van der Waals surface area (Å²) < 4.78 is 0. The van der Waals surface area contributed by atoms with E-state index in [1.807, 2.05) is 0 Å². The average molecular weight is 153 g/mol. The van der Waals surface area contributed by atoms with Crippen molar-refractivity contribution in [1.82, 2.24) is 15.2 Å². The van der Waals surface area contributed by atoms with E-state index < -0.39 is 4.92 Å². The van der Waals surface area contributed by atoms with Crippen LogP contribution in [0.4, 0.5) is 5.95 Å². The Bertz CT molecular complexity index is 184. The standard InChI is InChI=1S/C2H2N4O2.K/c7-6(8)2-3-1-4-5-2;/h1H,(H,3,4,5);. The van der Waals surface area contributed by atoms with Gasteiger partial charge in [-0.05, 0) is 4.92 Å². The Labute approximate surface area is 92.6 Å². The van der Waals surface area contributed by atoms with E-state index in [0.29, 0.717) is 0 Å². The van der Waals surface area contributed by atoms with E-state index in [9.17, 15) is 10.1 Å². The molecule has 0 fully saturated rings. The van der Waals surface area contributed by atoms with Crippen LogP contribution < -0.4 is 0 Å². The molecule has 7 heteroatoms. The van der Waals surface area contributed by atoms with Crippen molar-refractivity contribution in [2.24, 2.45) is 0 Å². The van der Waals surface area contributed by atoms with Crippen LogP contribution in [0.1, 0.15) is 0 Å². The number of aromatic amines is 1. The zero-order valence-corrected chi connectivity index (χ0v) is 7.86. The Kier molecular flexibility index (Phi) is 4.15. The van der Waals surface area contributed by atoms with Gasteiger partial charge in [-0.1, -0.05) is 10.1 Å².